The van der Waals surface area contributed by atoms with E-state index in [0.29, 0.717) is 12.8 Å². The highest BCUT2D eigenvalue weighted by Gasteiger charge is 2.47. The minimum absolute atomic E-state index is 0.163. The van der Waals surface area contributed by atoms with Crippen LogP contribution in [0.4, 0.5) is 0 Å². The Labute approximate surface area is 352 Å². The molecule has 11 atom stereocenters. The fourth-order valence-electron chi connectivity index (χ4n) is 7.15. The van der Waals surface area contributed by atoms with Gasteiger partial charge >= 0.3 is 11.9 Å². The molecule has 2 saturated heterocycles. The summed E-state index contributed by atoms with van der Waals surface area (Å²) in [7, 11) is 0. The molecule has 0 aromatic carbocycles. The van der Waals surface area contributed by atoms with Gasteiger partial charge in [-0.2, -0.15) is 0 Å². The standard InChI is InChI=1S/C44H80O15/c1-3-5-7-9-11-12-13-14-15-16-17-18-19-20-21-23-25-27-36(47)57-32(29-54-35(46)26-24-22-10-8-6-4-2)30-55-43-42(53)40(51)38(49)34(59-43)31-56-44-41(52)39(50)37(48)33(28-45)58-44/h14-15,32-34,37-45,48-53H,3-13,16-31H2,1-2H3/b15-14-. The summed E-state index contributed by atoms with van der Waals surface area (Å²) in [5, 5.41) is 71.7. The van der Waals surface area contributed by atoms with Gasteiger partial charge in [-0.1, -0.05) is 122 Å². The molecule has 0 amide bonds. The van der Waals surface area contributed by atoms with Crippen molar-refractivity contribution in [2.24, 2.45) is 0 Å². The minimum atomic E-state index is -1.76. The van der Waals surface area contributed by atoms with Crippen molar-refractivity contribution in [3.05, 3.63) is 12.2 Å². The Morgan fingerprint density at radius 1 is 0.525 bits per heavy atom. The average Bonchev–Trinajstić information content (AvgIpc) is 3.23. The molecule has 7 N–H and O–H groups in total. The number of allylic oxidation sites excluding steroid dienone is 2. The molecule has 15 heteroatoms. The first kappa shape index (κ1) is 53.4. The van der Waals surface area contributed by atoms with Crippen LogP contribution >= 0.6 is 0 Å². The normalized spacial score (nSPS) is 27.9. The number of esters is 2. The van der Waals surface area contributed by atoms with Crippen LogP contribution in [0.15, 0.2) is 12.2 Å². The number of carbonyl (C=O) groups excluding carboxylic acids is 2. The quantitative estimate of drug-likeness (QED) is 0.0266. The van der Waals surface area contributed by atoms with E-state index < -0.39 is 92.7 Å². The van der Waals surface area contributed by atoms with Gasteiger partial charge < -0.3 is 64.2 Å². The van der Waals surface area contributed by atoms with Crippen LogP contribution < -0.4 is 0 Å². The maximum absolute atomic E-state index is 12.9. The van der Waals surface area contributed by atoms with Crippen LogP contribution in [0.5, 0.6) is 0 Å². The van der Waals surface area contributed by atoms with Crippen molar-refractivity contribution < 1.29 is 73.8 Å². The van der Waals surface area contributed by atoms with Crippen molar-refractivity contribution in [2.75, 3.05) is 26.4 Å². The number of ether oxygens (including phenoxy) is 6. The van der Waals surface area contributed by atoms with E-state index in [4.69, 9.17) is 28.4 Å². The zero-order valence-electron chi connectivity index (χ0n) is 36.0. The van der Waals surface area contributed by atoms with Gasteiger partial charge in [0.05, 0.1) is 19.8 Å². The molecular formula is C44H80O15. The van der Waals surface area contributed by atoms with E-state index in [1.54, 1.807) is 0 Å². The summed E-state index contributed by atoms with van der Waals surface area (Å²) < 4.78 is 33.3. The summed E-state index contributed by atoms with van der Waals surface area (Å²) in [6.45, 7) is 2.49. The number of unbranched alkanes of at least 4 members (excludes halogenated alkanes) is 18. The Bertz CT molecular complexity index is 1090. The van der Waals surface area contributed by atoms with Crippen LogP contribution in [0.2, 0.25) is 0 Å². The molecule has 11 unspecified atom stereocenters. The topological polar surface area (TPSA) is 231 Å². The van der Waals surface area contributed by atoms with Gasteiger partial charge in [0.2, 0.25) is 0 Å². The van der Waals surface area contributed by atoms with E-state index in [2.05, 4.69) is 26.0 Å². The van der Waals surface area contributed by atoms with Gasteiger partial charge in [0.15, 0.2) is 18.7 Å². The van der Waals surface area contributed by atoms with Gasteiger partial charge in [-0.15, -0.1) is 0 Å². The lowest BCUT2D eigenvalue weighted by molar-refractivity contribution is -0.332. The zero-order valence-corrected chi connectivity index (χ0v) is 36.0. The molecule has 346 valence electrons. The number of carbonyl (C=O) groups is 2. The van der Waals surface area contributed by atoms with Crippen LogP contribution in [0, 0.1) is 0 Å². The van der Waals surface area contributed by atoms with Gasteiger partial charge in [-0.25, -0.2) is 0 Å². The Morgan fingerprint density at radius 3 is 1.49 bits per heavy atom. The predicted octanol–water partition coefficient (Wildman–Crippen LogP) is 4.65. The van der Waals surface area contributed by atoms with Crippen LogP contribution in [0.25, 0.3) is 0 Å². The predicted molar refractivity (Wildman–Crippen MR) is 220 cm³/mol. The molecule has 2 fully saturated rings. The van der Waals surface area contributed by atoms with Gasteiger partial charge in [0, 0.05) is 12.8 Å². The number of rotatable bonds is 34. The van der Waals surface area contributed by atoms with Crippen LogP contribution in [0.1, 0.15) is 162 Å². The second-order valence-corrected chi connectivity index (χ2v) is 16.2. The monoisotopic (exact) mass is 849 g/mol. The van der Waals surface area contributed by atoms with Crippen LogP contribution in [0.3, 0.4) is 0 Å². The Morgan fingerprint density at radius 2 is 0.966 bits per heavy atom. The molecule has 2 rings (SSSR count). The Kier molecular flexibility index (Phi) is 29.8. The summed E-state index contributed by atoms with van der Waals surface area (Å²) in [4.78, 5) is 25.4. The van der Waals surface area contributed by atoms with Crippen LogP contribution in [-0.2, 0) is 38.0 Å². The van der Waals surface area contributed by atoms with E-state index in [1.807, 2.05) is 0 Å². The fourth-order valence-corrected chi connectivity index (χ4v) is 7.15. The third-order valence-electron chi connectivity index (χ3n) is 11.0. The molecule has 0 saturated carbocycles. The third-order valence-corrected chi connectivity index (χ3v) is 11.0. The smallest absolute Gasteiger partial charge is 0.306 e. The minimum Gasteiger partial charge on any atom is -0.462 e. The number of hydrogen-bond donors (Lipinski definition) is 7. The lowest BCUT2D eigenvalue weighted by Gasteiger charge is -2.42. The van der Waals surface area contributed by atoms with Crippen molar-refractivity contribution >= 4 is 11.9 Å². The first-order chi connectivity index (χ1) is 28.5. The molecule has 59 heavy (non-hydrogen) atoms. The highest BCUT2D eigenvalue weighted by molar-refractivity contribution is 5.70. The number of hydrogen-bond acceptors (Lipinski definition) is 15. The second-order valence-electron chi connectivity index (χ2n) is 16.2. The van der Waals surface area contributed by atoms with E-state index >= 15 is 0 Å². The molecule has 0 aromatic rings. The van der Waals surface area contributed by atoms with Crippen molar-refractivity contribution in [1.82, 2.24) is 0 Å². The molecule has 0 aromatic heterocycles. The third kappa shape index (κ3) is 22.2. The summed E-state index contributed by atoms with van der Waals surface area (Å²) in [5.41, 5.74) is 0. The summed E-state index contributed by atoms with van der Waals surface area (Å²) in [5.74, 6) is -0.937. The molecule has 2 aliphatic heterocycles. The fraction of sp³-hybridized carbons (Fsp3) is 0.909. The van der Waals surface area contributed by atoms with Gasteiger partial charge in [0.1, 0.15) is 55.4 Å². The van der Waals surface area contributed by atoms with E-state index in [-0.39, 0.29) is 26.1 Å². The van der Waals surface area contributed by atoms with Gasteiger partial charge in [0.25, 0.3) is 0 Å². The Balaban J connectivity index is 1.81. The molecule has 2 aliphatic rings. The highest BCUT2D eigenvalue weighted by atomic mass is 16.7. The second kappa shape index (κ2) is 32.9. The van der Waals surface area contributed by atoms with Crippen molar-refractivity contribution in [1.29, 1.82) is 0 Å². The lowest BCUT2D eigenvalue weighted by Crippen LogP contribution is -2.61. The molecule has 2 heterocycles. The zero-order chi connectivity index (χ0) is 43.3. The molecule has 0 bridgehead atoms. The van der Waals surface area contributed by atoms with E-state index in [0.717, 1.165) is 64.2 Å². The highest BCUT2D eigenvalue weighted by Crippen LogP contribution is 2.26. The molecule has 0 radical (unpaired) electrons. The number of aliphatic hydroxyl groups is 7. The van der Waals surface area contributed by atoms with Crippen molar-refractivity contribution in [3.8, 4) is 0 Å². The van der Waals surface area contributed by atoms with E-state index in [9.17, 15) is 45.3 Å². The molecule has 15 nitrogen and oxygen atoms in total. The first-order valence-corrected chi connectivity index (χ1v) is 22.8. The maximum atomic E-state index is 12.9. The van der Waals surface area contributed by atoms with Gasteiger partial charge in [-0.05, 0) is 38.5 Å². The molecule has 0 spiro atoms. The van der Waals surface area contributed by atoms with Gasteiger partial charge in [-0.3, -0.25) is 9.59 Å². The van der Waals surface area contributed by atoms with Crippen molar-refractivity contribution in [2.45, 2.75) is 229 Å². The summed E-state index contributed by atoms with van der Waals surface area (Å²) in [6, 6.07) is 0. The van der Waals surface area contributed by atoms with E-state index in [1.165, 1.54) is 57.8 Å². The summed E-state index contributed by atoms with van der Waals surface area (Å²) in [6.07, 6.45) is 11.5. The van der Waals surface area contributed by atoms with Crippen molar-refractivity contribution in [3.63, 3.8) is 0 Å². The molecule has 0 aliphatic carbocycles. The SMILES string of the molecule is CCCCCCCC/C=C\CCCCCCCCCC(=O)OC(COC(=O)CCCCCCCC)COC1OC(COC2OC(CO)C(O)C(O)C2O)C(O)C(O)C1O. The number of aliphatic hydroxyl groups excluding tert-OH is 7. The lowest BCUT2D eigenvalue weighted by atomic mass is 9.98. The summed E-state index contributed by atoms with van der Waals surface area (Å²) >= 11 is 0. The largest absolute Gasteiger partial charge is 0.462 e. The Hall–Kier alpha value is -1.76. The molecular weight excluding hydrogens is 768 g/mol. The maximum Gasteiger partial charge on any atom is 0.306 e. The first-order valence-electron chi connectivity index (χ1n) is 22.8. The average molecular weight is 849 g/mol. The van der Waals surface area contributed by atoms with Crippen LogP contribution in [-0.4, -0.2) is 142 Å².